The van der Waals surface area contributed by atoms with Crippen LogP contribution in [-0.2, 0) is 11.2 Å². The van der Waals surface area contributed by atoms with Gasteiger partial charge in [-0.05, 0) is 78.2 Å². The van der Waals surface area contributed by atoms with Crippen LogP contribution in [0.15, 0.2) is 16.7 Å². The minimum atomic E-state index is -0.880. The van der Waals surface area contributed by atoms with Crippen molar-refractivity contribution in [3.63, 3.8) is 0 Å². The Morgan fingerprint density at radius 2 is 2.12 bits per heavy atom. The molecule has 3 aliphatic rings. The van der Waals surface area contributed by atoms with Crippen LogP contribution >= 0.6 is 0 Å². The molecule has 1 aromatic rings. The summed E-state index contributed by atoms with van der Waals surface area (Å²) in [5.74, 6) is 2.67. The molecule has 0 unspecified atom stereocenters. The summed E-state index contributed by atoms with van der Waals surface area (Å²) < 4.78 is 5.81. The first kappa shape index (κ1) is 16.2. The van der Waals surface area contributed by atoms with Gasteiger partial charge in [-0.2, -0.15) is 0 Å². The fourth-order valence-electron chi connectivity index (χ4n) is 7.07. The van der Waals surface area contributed by atoms with Crippen molar-refractivity contribution < 1.29 is 14.3 Å². The average molecular weight is 329 g/mol. The molecule has 0 amide bonds. The highest BCUT2D eigenvalue weighted by Gasteiger charge is 2.57. The molecule has 0 radical (unpaired) electrons. The Morgan fingerprint density at radius 3 is 2.88 bits per heavy atom. The number of aliphatic carboxylic acids is 1. The first-order chi connectivity index (χ1) is 11.3. The van der Waals surface area contributed by atoms with Gasteiger partial charge in [0.1, 0.15) is 5.76 Å². The number of carbonyl (C=O) groups is 1. The van der Waals surface area contributed by atoms with Gasteiger partial charge < -0.3 is 14.3 Å². The quantitative estimate of drug-likeness (QED) is 0.826. The normalized spacial score (nSPS) is 44.3. The summed E-state index contributed by atoms with van der Waals surface area (Å²) in [6, 6.07) is 2.16. The van der Waals surface area contributed by atoms with Crippen molar-refractivity contribution >= 4 is 5.97 Å². The first-order valence-electron chi connectivity index (χ1n) is 9.61. The highest BCUT2D eigenvalue weighted by atomic mass is 16.4. The molecule has 3 nitrogen and oxygen atoms in total. The molecule has 0 bridgehead atoms. The van der Waals surface area contributed by atoms with Gasteiger partial charge in [-0.25, -0.2) is 0 Å². The Kier molecular flexibility index (Phi) is 3.63. The Balaban J connectivity index is 1.71. The lowest BCUT2D eigenvalue weighted by molar-refractivity contribution is -0.310. The molecule has 1 heterocycles. The van der Waals surface area contributed by atoms with Gasteiger partial charge in [0.15, 0.2) is 0 Å². The fourth-order valence-corrected chi connectivity index (χ4v) is 7.07. The van der Waals surface area contributed by atoms with Gasteiger partial charge in [-0.1, -0.05) is 27.2 Å². The maximum atomic E-state index is 11.4. The van der Waals surface area contributed by atoms with Crippen molar-refractivity contribution in [3.8, 4) is 0 Å². The minimum Gasteiger partial charge on any atom is -0.550 e. The lowest BCUT2D eigenvalue weighted by Gasteiger charge is -2.62. The van der Waals surface area contributed by atoms with Crippen molar-refractivity contribution in [3.05, 3.63) is 23.7 Å². The van der Waals surface area contributed by atoms with E-state index in [0.717, 1.165) is 19.3 Å². The number of carboxylic acid groups (broad SMARTS) is 1. The predicted octanol–water partition coefficient (Wildman–Crippen LogP) is 3.92. The third kappa shape index (κ3) is 2.19. The topological polar surface area (TPSA) is 53.3 Å². The molecule has 3 aliphatic carbocycles. The summed E-state index contributed by atoms with van der Waals surface area (Å²) >= 11 is 0. The molecule has 132 valence electrons. The van der Waals surface area contributed by atoms with Gasteiger partial charge in [0, 0.05) is 12.4 Å². The average Bonchev–Trinajstić information content (AvgIpc) is 2.96. The summed E-state index contributed by atoms with van der Waals surface area (Å²) in [5.41, 5.74) is 1.53. The summed E-state index contributed by atoms with van der Waals surface area (Å²) in [4.78, 5) is 11.4. The van der Waals surface area contributed by atoms with E-state index in [0.29, 0.717) is 23.7 Å². The second-order valence-electron chi connectivity index (χ2n) is 9.25. The maximum Gasteiger partial charge on any atom is 0.107 e. The molecular weight excluding hydrogens is 300 g/mol. The van der Waals surface area contributed by atoms with E-state index in [1.807, 2.05) is 6.26 Å². The molecule has 6 atom stereocenters. The first-order valence-corrected chi connectivity index (χ1v) is 9.61. The van der Waals surface area contributed by atoms with E-state index >= 15 is 0 Å². The van der Waals surface area contributed by atoms with Crippen LogP contribution in [0, 0.1) is 28.6 Å². The predicted molar refractivity (Wildman–Crippen MR) is 90.2 cm³/mol. The molecule has 0 N–H and O–H groups in total. The zero-order valence-corrected chi connectivity index (χ0v) is 15.1. The Labute approximate surface area is 144 Å². The molecule has 2 saturated carbocycles. The van der Waals surface area contributed by atoms with Gasteiger partial charge in [0.05, 0.1) is 6.26 Å². The fraction of sp³-hybridized carbons (Fsp3) is 0.762. The van der Waals surface area contributed by atoms with Crippen LogP contribution in [0.4, 0.5) is 0 Å². The van der Waals surface area contributed by atoms with Crippen LogP contribution in [0.5, 0.6) is 0 Å². The van der Waals surface area contributed by atoms with E-state index < -0.39 is 5.97 Å². The molecule has 4 rings (SSSR count). The molecule has 2 fully saturated rings. The lowest BCUT2D eigenvalue weighted by atomic mass is 9.43. The molecule has 0 spiro atoms. The molecule has 0 saturated heterocycles. The molecule has 1 aromatic heterocycles. The number of rotatable bonds is 2. The van der Waals surface area contributed by atoms with Crippen molar-refractivity contribution in [1.82, 2.24) is 0 Å². The summed E-state index contributed by atoms with van der Waals surface area (Å²) in [7, 11) is 0. The van der Waals surface area contributed by atoms with E-state index in [9.17, 15) is 9.90 Å². The van der Waals surface area contributed by atoms with Gasteiger partial charge >= 0.3 is 0 Å². The molecule has 0 aromatic carbocycles. The Morgan fingerprint density at radius 1 is 1.33 bits per heavy atom. The number of hydrogen-bond acceptors (Lipinski definition) is 3. The van der Waals surface area contributed by atoms with Crippen LogP contribution in [-0.4, -0.2) is 5.97 Å². The number of fused-ring (bicyclic) bond motifs is 4. The van der Waals surface area contributed by atoms with Crippen LogP contribution in [0.2, 0.25) is 0 Å². The van der Waals surface area contributed by atoms with Crippen molar-refractivity contribution in [2.45, 2.75) is 71.6 Å². The Hall–Kier alpha value is -1.25. The third-order valence-electron chi connectivity index (χ3n) is 8.12. The van der Waals surface area contributed by atoms with Gasteiger partial charge in [0.2, 0.25) is 0 Å². The van der Waals surface area contributed by atoms with Gasteiger partial charge in [0.25, 0.3) is 0 Å². The van der Waals surface area contributed by atoms with Crippen LogP contribution in [0.1, 0.15) is 76.5 Å². The highest BCUT2D eigenvalue weighted by Crippen LogP contribution is 2.65. The van der Waals surface area contributed by atoms with E-state index in [2.05, 4.69) is 26.8 Å². The standard InChI is InChI=1S/C21H30O3/c1-13-14-5-6-18-20(2,12-19(22)23)8-4-9-21(18,3)16(14)11-17-15(13)7-10-24-17/h7,10,13-14,16,18H,4-6,8-9,11-12H2,1-3H3,(H,22,23)/p-1/t13-,14+,16-,18+,20-,21-/m1/s1. The van der Waals surface area contributed by atoms with Crippen molar-refractivity contribution in [1.29, 1.82) is 0 Å². The lowest BCUT2D eigenvalue weighted by Crippen LogP contribution is -2.55. The number of carbonyl (C=O) groups excluding carboxylic acids is 1. The number of carboxylic acids is 1. The molecule has 0 aliphatic heterocycles. The monoisotopic (exact) mass is 329 g/mol. The zero-order chi connectivity index (χ0) is 17.1. The second-order valence-corrected chi connectivity index (χ2v) is 9.25. The number of furan rings is 1. The van der Waals surface area contributed by atoms with E-state index in [1.165, 1.54) is 30.6 Å². The molecule has 24 heavy (non-hydrogen) atoms. The summed E-state index contributed by atoms with van der Waals surface area (Å²) in [6.07, 6.45) is 8.87. The smallest absolute Gasteiger partial charge is 0.107 e. The summed E-state index contributed by atoms with van der Waals surface area (Å²) in [6.45, 7) is 7.01. The minimum absolute atomic E-state index is 0.108. The van der Waals surface area contributed by atoms with Gasteiger partial charge in [-0.3, -0.25) is 0 Å². The molecular formula is C21H29O3-. The van der Waals surface area contributed by atoms with Gasteiger partial charge in [-0.15, -0.1) is 0 Å². The van der Waals surface area contributed by atoms with Crippen LogP contribution in [0.25, 0.3) is 0 Å². The maximum absolute atomic E-state index is 11.4. The second kappa shape index (κ2) is 5.37. The summed E-state index contributed by atoms with van der Waals surface area (Å²) in [5, 5.41) is 11.4. The Bertz CT molecular complexity index is 647. The van der Waals surface area contributed by atoms with Crippen molar-refractivity contribution in [2.24, 2.45) is 28.6 Å². The van der Waals surface area contributed by atoms with Crippen LogP contribution < -0.4 is 5.11 Å². The highest BCUT2D eigenvalue weighted by molar-refractivity contribution is 5.65. The zero-order valence-electron chi connectivity index (χ0n) is 15.1. The number of hydrogen-bond donors (Lipinski definition) is 0. The van der Waals surface area contributed by atoms with E-state index in [-0.39, 0.29) is 17.3 Å². The molecule has 3 heteroatoms. The SMILES string of the molecule is C[C@H]1c2ccoc2C[C@@H]2[C@H]1CC[C@H]1[C@@](C)(CC(=O)[O-])CCC[C@]21C. The van der Waals surface area contributed by atoms with E-state index in [1.54, 1.807) is 0 Å². The third-order valence-corrected chi connectivity index (χ3v) is 8.12. The van der Waals surface area contributed by atoms with E-state index in [4.69, 9.17) is 4.42 Å². The van der Waals surface area contributed by atoms with Crippen LogP contribution in [0.3, 0.4) is 0 Å². The van der Waals surface area contributed by atoms with Crippen molar-refractivity contribution in [2.75, 3.05) is 0 Å². The largest absolute Gasteiger partial charge is 0.550 e.